The SMILES string of the molecule is CSCC[C@H](NC(=O)[C@H](CCSC)NC(=O)[C@H](Cc1ccc(O)cc1)NC(=O)[C@H](CC(C)C)NC(=O)[C@H](CCC(=O)O)NC(=O)[C@H](CC(N)=O)NC(=O)[C@@H](N)[C@@H](C)O)C(=O)N[C@@H](CCCN=C(N)N)C(=O)O. The van der Waals surface area contributed by atoms with Crippen molar-refractivity contribution >= 4 is 88.7 Å². The zero-order valence-corrected chi connectivity index (χ0v) is 42.6. The molecule has 0 spiro atoms. The van der Waals surface area contributed by atoms with Crippen LogP contribution < -0.4 is 60.2 Å². The van der Waals surface area contributed by atoms with Crippen LogP contribution in [0.1, 0.15) is 77.7 Å². The van der Waals surface area contributed by atoms with Gasteiger partial charge in [0.25, 0.3) is 0 Å². The van der Waals surface area contributed by atoms with Crippen molar-refractivity contribution in [3.63, 3.8) is 0 Å². The number of phenolic OH excluding ortho intramolecular Hbond substituents is 1. The Balaban J connectivity index is 3.58. The molecule has 0 aromatic heterocycles. The summed E-state index contributed by atoms with van der Waals surface area (Å²) < 4.78 is 0. The Morgan fingerprint density at radius 3 is 1.47 bits per heavy atom. The number of guanidine groups is 1. The first-order chi connectivity index (χ1) is 33.8. The van der Waals surface area contributed by atoms with E-state index in [2.05, 4.69) is 42.2 Å². The van der Waals surface area contributed by atoms with E-state index in [4.69, 9.17) is 22.9 Å². The van der Waals surface area contributed by atoms with Crippen molar-refractivity contribution in [2.24, 2.45) is 33.8 Å². The largest absolute Gasteiger partial charge is 0.508 e. The first kappa shape index (κ1) is 63.6. The minimum Gasteiger partial charge on any atom is -0.508 e. The van der Waals surface area contributed by atoms with E-state index >= 15 is 0 Å². The quantitative estimate of drug-likeness (QED) is 0.0178. The van der Waals surface area contributed by atoms with Crippen LogP contribution in [-0.4, -0.2) is 171 Å². The van der Waals surface area contributed by atoms with Crippen molar-refractivity contribution in [1.29, 1.82) is 0 Å². The Hall–Kier alpha value is -6.39. The minimum atomic E-state index is -1.72. The molecule has 9 atom stereocenters. The fourth-order valence-electron chi connectivity index (χ4n) is 6.62. The number of carboxylic acid groups (broad SMARTS) is 2. The summed E-state index contributed by atoms with van der Waals surface area (Å²) in [5.41, 5.74) is 22.1. The van der Waals surface area contributed by atoms with Crippen LogP contribution in [0.2, 0.25) is 0 Å². The number of amides is 8. The third kappa shape index (κ3) is 25.1. The fraction of sp³-hybridized carbons (Fsp3) is 0.614. The number of benzene rings is 1. The van der Waals surface area contributed by atoms with Gasteiger partial charge < -0.3 is 80.6 Å². The number of nitrogens with zero attached hydrogens (tertiary/aromatic N) is 1. The van der Waals surface area contributed by atoms with Crippen LogP contribution in [-0.2, 0) is 54.4 Å². The molecule has 1 aromatic rings. The van der Waals surface area contributed by atoms with E-state index in [0.717, 1.165) is 0 Å². The molecule has 0 aliphatic carbocycles. The molecule has 1 rings (SSSR count). The Labute approximate surface area is 425 Å². The Morgan fingerprint density at radius 2 is 1.03 bits per heavy atom. The predicted octanol–water partition coefficient (Wildman–Crippen LogP) is -3.53. The molecule has 0 fully saturated rings. The summed E-state index contributed by atoms with van der Waals surface area (Å²) in [4.78, 5) is 136. The monoisotopic (exact) mass is 1060 g/mol. The van der Waals surface area contributed by atoms with Gasteiger partial charge in [-0.1, -0.05) is 26.0 Å². The van der Waals surface area contributed by atoms with E-state index in [1.165, 1.54) is 54.7 Å². The van der Waals surface area contributed by atoms with Crippen molar-refractivity contribution in [2.45, 2.75) is 133 Å². The number of primary amides is 1. The van der Waals surface area contributed by atoms with Gasteiger partial charge in [-0.25, -0.2) is 4.79 Å². The van der Waals surface area contributed by atoms with Gasteiger partial charge in [-0.15, -0.1) is 0 Å². The lowest BCUT2D eigenvalue weighted by Crippen LogP contribution is -2.61. The normalized spacial score (nSPS) is 14.8. The molecule has 0 aliphatic heterocycles. The molecule has 72 heavy (non-hydrogen) atoms. The first-order valence-electron chi connectivity index (χ1n) is 22.9. The van der Waals surface area contributed by atoms with Gasteiger partial charge in [0.2, 0.25) is 47.3 Å². The standard InChI is InChI=1S/C44H72N12O14S2/c1-22(2)19-30(54-36(62)26(12-13-34(60)61)50-41(67)32(21-33(45)59)56-42(68)35(46)23(3)57)39(65)55-31(20-24-8-10-25(58)11-9-24)40(66)52-27(14-17-71-4)37(63)51-28(15-18-72-5)38(64)53-29(43(69)70)7-6-16-49-44(47)48/h8-11,22-23,26-32,35,57-58H,6-7,12-21,46H2,1-5H3,(H2,45,59)(H,50,67)(H,51,63)(H,52,66)(H,53,64)(H,54,62)(H,55,65)(H,56,68)(H,60,61)(H,69,70)(H4,47,48,49)/t23-,26+,27+,28+,29+,30+,31+,32+,35+/m1/s1. The number of nitrogens with one attached hydrogen (secondary N) is 7. The summed E-state index contributed by atoms with van der Waals surface area (Å²) in [5, 5.41) is 56.4. The number of aliphatic carboxylic acids is 2. The smallest absolute Gasteiger partial charge is 0.326 e. The van der Waals surface area contributed by atoms with Gasteiger partial charge in [-0.3, -0.25) is 48.1 Å². The molecule has 0 radical (unpaired) electrons. The van der Waals surface area contributed by atoms with Gasteiger partial charge in [0, 0.05) is 19.4 Å². The minimum absolute atomic E-state index is 0.0326. The maximum atomic E-state index is 14.3. The number of rotatable bonds is 35. The van der Waals surface area contributed by atoms with E-state index in [-0.39, 0.29) is 62.7 Å². The molecule has 1 aromatic carbocycles. The number of carbonyl (C=O) groups is 10. The van der Waals surface area contributed by atoms with E-state index in [1.54, 1.807) is 26.4 Å². The van der Waals surface area contributed by atoms with Crippen molar-refractivity contribution in [1.82, 2.24) is 37.2 Å². The summed E-state index contributed by atoms with van der Waals surface area (Å²) in [5.74, 6) is -10.3. The lowest BCUT2D eigenvalue weighted by Gasteiger charge is -2.28. The molecule has 0 saturated carbocycles. The molecule has 28 heteroatoms. The second-order valence-corrected chi connectivity index (χ2v) is 19.1. The van der Waals surface area contributed by atoms with E-state index in [0.29, 0.717) is 17.1 Å². The number of aliphatic imine (C=N–C) groups is 1. The highest BCUT2D eigenvalue weighted by molar-refractivity contribution is 7.98. The topological polar surface area (TPSA) is 452 Å². The first-order valence-corrected chi connectivity index (χ1v) is 25.7. The number of aliphatic hydroxyl groups is 1. The second kappa shape index (κ2) is 33.3. The summed E-state index contributed by atoms with van der Waals surface area (Å²) in [6.07, 6.45) is 0.142. The molecular formula is C44H72N12O14S2. The lowest BCUT2D eigenvalue weighted by atomic mass is 10.00. The van der Waals surface area contributed by atoms with Crippen LogP contribution in [0, 0.1) is 5.92 Å². The van der Waals surface area contributed by atoms with Crippen molar-refractivity contribution in [3.8, 4) is 5.75 Å². The third-order valence-electron chi connectivity index (χ3n) is 10.5. The van der Waals surface area contributed by atoms with E-state index in [9.17, 15) is 68.4 Å². The molecule has 0 heterocycles. The number of hydrogen-bond donors (Lipinski definition) is 15. The zero-order chi connectivity index (χ0) is 54.7. The zero-order valence-electron chi connectivity index (χ0n) is 41.0. The van der Waals surface area contributed by atoms with Gasteiger partial charge in [0.05, 0.1) is 12.5 Å². The van der Waals surface area contributed by atoms with Crippen molar-refractivity contribution in [2.75, 3.05) is 30.6 Å². The molecular weight excluding hydrogens is 985 g/mol. The van der Waals surface area contributed by atoms with Gasteiger partial charge in [0.15, 0.2) is 5.96 Å². The Kier molecular flexibility index (Phi) is 29.4. The number of hydrogen-bond acceptors (Lipinski definition) is 16. The number of aliphatic hydroxyl groups excluding tert-OH is 1. The summed E-state index contributed by atoms with van der Waals surface area (Å²) in [7, 11) is 0. The molecule has 0 unspecified atom stereocenters. The number of aromatic hydroxyl groups is 1. The highest BCUT2D eigenvalue weighted by Crippen LogP contribution is 2.14. The highest BCUT2D eigenvalue weighted by Gasteiger charge is 2.35. The molecule has 26 nitrogen and oxygen atoms in total. The average molecular weight is 1060 g/mol. The number of thioether (sulfide) groups is 2. The van der Waals surface area contributed by atoms with Crippen LogP contribution >= 0.6 is 23.5 Å². The maximum absolute atomic E-state index is 14.3. The molecule has 8 amide bonds. The Bertz CT molecular complexity index is 2030. The number of phenols is 1. The summed E-state index contributed by atoms with van der Waals surface area (Å²) >= 11 is 2.71. The Morgan fingerprint density at radius 1 is 0.597 bits per heavy atom. The van der Waals surface area contributed by atoms with Crippen molar-refractivity contribution < 1.29 is 68.4 Å². The van der Waals surface area contributed by atoms with Crippen LogP contribution in [0.15, 0.2) is 29.3 Å². The number of carboxylic acids is 2. The number of nitrogens with two attached hydrogens (primary N) is 4. The van der Waals surface area contributed by atoms with Crippen LogP contribution in [0.3, 0.4) is 0 Å². The van der Waals surface area contributed by atoms with Crippen LogP contribution in [0.4, 0.5) is 0 Å². The molecule has 0 saturated heterocycles. The number of carbonyl (C=O) groups excluding carboxylic acids is 8. The molecule has 19 N–H and O–H groups in total. The molecule has 404 valence electrons. The van der Waals surface area contributed by atoms with Gasteiger partial charge in [-0.05, 0) is 93.1 Å². The lowest BCUT2D eigenvalue weighted by molar-refractivity contribution is -0.142. The van der Waals surface area contributed by atoms with Gasteiger partial charge in [-0.2, -0.15) is 23.5 Å². The van der Waals surface area contributed by atoms with E-state index < -0.39 is 133 Å². The van der Waals surface area contributed by atoms with Crippen LogP contribution in [0.5, 0.6) is 5.75 Å². The van der Waals surface area contributed by atoms with Gasteiger partial charge >= 0.3 is 11.9 Å². The van der Waals surface area contributed by atoms with Gasteiger partial charge in [0.1, 0.15) is 54.1 Å². The molecule has 0 bridgehead atoms. The van der Waals surface area contributed by atoms with Crippen molar-refractivity contribution in [3.05, 3.63) is 29.8 Å². The second-order valence-electron chi connectivity index (χ2n) is 17.1. The average Bonchev–Trinajstić information content (AvgIpc) is 3.29. The maximum Gasteiger partial charge on any atom is 0.326 e. The van der Waals surface area contributed by atoms with E-state index in [1.807, 2.05) is 0 Å². The molecule has 0 aliphatic rings. The fourth-order valence-corrected chi connectivity index (χ4v) is 7.56. The summed E-state index contributed by atoms with van der Waals surface area (Å²) in [6.45, 7) is 4.73. The predicted molar refractivity (Wildman–Crippen MR) is 269 cm³/mol. The summed E-state index contributed by atoms with van der Waals surface area (Å²) in [6, 6.07) is -6.12. The van der Waals surface area contributed by atoms with Crippen LogP contribution in [0.25, 0.3) is 0 Å². The highest BCUT2D eigenvalue weighted by atomic mass is 32.2. The third-order valence-corrected chi connectivity index (χ3v) is 11.8.